The number of unbranched alkanes of at least 4 members (excludes halogenated alkanes) is 1. The molecule has 0 radical (unpaired) electrons. The van der Waals surface area contributed by atoms with Gasteiger partial charge in [-0.3, -0.25) is 4.79 Å². The van der Waals surface area contributed by atoms with E-state index in [1.165, 1.54) is 6.07 Å². The molecule has 5 nitrogen and oxygen atoms in total. The van der Waals surface area contributed by atoms with Crippen LogP contribution < -0.4 is 10.9 Å². The molecule has 0 aliphatic carbocycles. The Morgan fingerprint density at radius 1 is 1.45 bits per heavy atom. The van der Waals surface area contributed by atoms with Gasteiger partial charge in [0, 0.05) is 18.6 Å². The van der Waals surface area contributed by atoms with Gasteiger partial charge in [-0.2, -0.15) is 0 Å². The van der Waals surface area contributed by atoms with E-state index in [1.807, 2.05) is 6.92 Å². The Labute approximate surface area is 126 Å². The van der Waals surface area contributed by atoms with Crippen LogP contribution in [0.3, 0.4) is 0 Å². The van der Waals surface area contributed by atoms with Crippen LogP contribution in [0, 0.1) is 0 Å². The fraction of sp³-hybridized carbons (Fsp3) is 0.600. The van der Waals surface area contributed by atoms with Gasteiger partial charge >= 0.3 is 5.63 Å². The first-order chi connectivity index (χ1) is 10.3. The number of halogens is 2. The first-order valence-corrected chi connectivity index (χ1v) is 7.24. The number of alkyl halides is 2. The average Bonchev–Trinajstić information content (AvgIpc) is 2.40. The molecule has 1 aliphatic heterocycles. The lowest BCUT2D eigenvalue weighted by Crippen LogP contribution is -2.39. The summed E-state index contributed by atoms with van der Waals surface area (Å²) >= 11 is 0. The van der Waals surface area contributed by atoms with Gasteiger partial charge in [-0.15, -0.1) is 0 Å². The normalized spacial score (nSPS) is 18.0. The summed E-state index contributed by atoms with van der Waals surface area (Å²) < 4.78 is 36.2. The summed E-state index contributed by atoms with van der Waals surface area (Å²) in [6.07, 6.45) is 1.24. The van der Waals surface area contributed by atoms with E-state index in [1.54, 1.807) is 0 Å². The summed E-state index contributed by atoms with van der Waals surface area (Å²) in [5.41, 5.74) is 0.633. The highest BCUT2D eigenvalue weighted by atomic mass is 19.3. The van der Waals surface area contributed by atoms with E-state index in [9.17, 15) is 18.4 Å². The van der Waals surface area contributed by atoms with Crippen molar-refractivity contribution in [3.05, 3.63) is 33.4 Å². The number of hydrogen-bond acceptors (Lipinski definition) is 4. The van der Waals surface area contributed by atoms with Gasteiger partial charge in [0.15, 0.2) is 6.23 Å². The molecular weight excluding hydrogens is 296 g/mol. The number of rotatable bonds is 6. The third kappa shape index (κ3) is 4.13. The standard InChI is InChI=1S/C15H19F2NO4/c1-3-4-5-9-6-12(20)22-10-7-11(19)18-14(13(9)10)21-8-15(2,16)17/h6,14H,3-5,7-8H2,1-2H3,(H,18,19). The van der Waals surface area contributed by atoms with Gasteiger partial charge in [-0.05, 0) is 18.4 Å². The molecule has 1 aromatic rings. The number of aryl methyl sites for hydroxylation is 1. The maximum absolute atomic E-state index is 13.0. The van der Waals surface area contributed by atoms with Crippen LogP contribution in [0.25, 0.3) is 0 Å². The van der Waals surface area contributed by atoms with Gasteiger partial charge < -0.3 is 14.5 Å². The number of amides is 1. The molecule has 1 unspecified atom stereocenters. The second kappa shape index (κ2) is 6.56. The smallest absolute Gasteiger partial charge is 0.336 e. The van der Waals surface area contributed by atoms with Crippen LogP contribution in [0.15, 0.2) is 15.3 Å². The average molecular weight is 315 g/mol. The van der Waals surface area contributed by atoms with E-state index in [-0.39, 0.29) is 12.2 Å². The van der Waals surface area contributed by atoms with Crippen molar-refractivity contribution < 1.29 is 22.7 Å². The minimum Gasteiger partial charge on any atom is -0.427 e. The van der Waals surface area contributed by atoms with Gasteiger partial charge in [-0.1, -0.05) is 13.3 Å². The molecule has 0 spiro atoms. The molecule has 0 saturated carbocycles. The first kappa shape index (κ1) is 16.6. The molecule has 7 heteroatoms. The Balaban J connectivity index is 2.35. The Hall–Kier alpha value is -1.76. The summed E-state index contributed by atoms with van der Waals surface area (Å²) in [5, 5.41) is 2.52. The number of carbonyl (C=O) groups is 1. The molecule has 22 heavy (non-hydrogen) atoms. The van der Waals surface area contributed by atoms with Crippen molar-refractivity contribution in [2.75, 3.05) is 6.61 Å². The van der Waals surface area contributed by atoms with E-state index in [2.05, 4.69) is 5.32 Å². The van der Waals surface area contributed by atoms with Gasteiger partial charge in [0.05, 0.1) is 6.42 Å². The van der Waals surface area contributed by atoms with E-state index >= 15 is 0 Å². The first-order valence-electron chi connectivity index (χ1n) is 7.24. The number of hydrogen-bond donors (Lipinski definition) is 1. The van der Waals surface area contributed by atoms with E-state index in [0.29, 0.717) is 17.5 Å². The zero-order chi connectivity index (χ0) is 16.3. The van der Waals surface area contributed by atoms with Gasteiger partial charge in [0.25, 0.3) is 5.92 Å². The van der Waals surface area contributed by atoms with Gasteiger partial charge in [0.1, 0.15) is 12.4 Å². The van der Waals surface area contributed by atoms with E-state index in [0.717, 1.165) is 19.8 Å². The largest absolute Gasteiger partial charge is 0.427 e. The predicted octanol–water partition coefficient (Wildman–Crippen LogP) is 2.33. The maximum atomic E-state index is 13.0. The Kier molecular flexibility index (Phi) is 4.95. The van der Waals surface area contributed by atoms with Gasteiger partial charge in [-0.25, -0.2) is 13.6 Å². The molecular formula is C15H19F2NO4. The van der Waals surface area contributed by atoms with Crippen LogP contribution in [0.2, 0.25) is 0 Å². The minimum atomic E-state index is -3.01. The lowest BCUT2D eigenvalue weighted by molar-refractivity contribution is -0.134. The SMILES string of the molecule is CCCCc1cc(=O)oc2c1C(OCC(C)(F)F)NC(=O)C2. The Morgan fingerprint density at radius 2 is 2.18 bits per heavy atom. The molecule has 0 fully saturated rings. The van der Waals surface area contributed by atoms with Crippen molar-refractivity contribution in [1.29, 1.82) is 0 Å². The summed E-state index contributed by atoms with van der Waals surface area (Å²) in [5.74, 6) is -3.24. The van der Waals surface area contributed by atoms with Crippen molar-refractivity contribution >= 4 is 5.91 Å². The molecule has 1 aliphatic rings. The quantitative estimate of drug-likeness (QED) is 0.875. The van der Waals surface area contributed by atoms with Crippen LogP contribution in [-0.4, -0.2) is 18.4 Å². The minimum absolute atomic E-state index is 0.0904. The molecule has 0 saturated heterocycles. The highest BCUT2D eigenvalue weighted by molar-refractivity contribution is 5.80. The Morgan fingerprint density at radius 3 is 2.82 bits per heavy atom. The molecule has 1 atom stereocenters. The molecule has 0 bridgehead atoms. The zero-order valence-electron chi connectivity index (χ0n) is 12.6. The third-order valence-corrected chi connectivity index (χ3v) is 3.34. The molecule has 0 aromatic carbocycles. The fourth-order valence-corrected chi connectivity index (χ4v) is 2.39. The highest BCUT2D eigenvalue weighted by Gasteiger charge is 2.32. The topological polar surface area (TPSA) is 68.5 Å². The lowest BCUT2D eigenvalue weighted by atomic mass is 9.97. The highest BCUT2D eigenvalue weighted by Crippen LogP contribution is 2.29. The van der Waals surface area contributed by atoms with Crippen LogP contribution in [-0.2, 0) is 22.4 Å². The summed E-state index contributed by atoms with van der Waals surface area (Å²) in [6, 6.07) is 1.34. The molecule has 1 N–H and O–H groups in total. The van der Waals surface area contributed by atoms with Crippen molar-refractivity contribution in [3.63, 3.8) is 0 Å². The number of carbonyl (C=O) groups excluding carboxylic acids is 1. The van der Waals surface area contributed by atoms with Crippen LogP contribution in [0.5, 0.6) is 0 Å². The summed E-state index contributed by atoms with van der Waals surface area (Å²) in [4.78, 5) is 23.3. The molecule has 1 amide bonds. The van der Waals surface area contributed by atoms with Gasteiger partial charge in [0.2, 0.25) is 5.91 Å². The molecule has 122 valence electrons. The van der Waals surface area contributed by atoms with Crippen LogP contribution in [0.1, 0.15) is 49.8 Å². The second-order valence-electron chi connectivity index (χ2n) is 5.54. The van der Waals surface area contributed by atoms with Crippen LogP contribution in [0.4, 0.5) is 8.78 Å². The Bertz CT molecular complexity index is 607. The number of ether oxygens (including phenoxy) is 1. The zero-order valence-corrected chi connectivity index (χ0v) is 12.6. The maximum Gasteiger partial charge on any atom is 0.336 e. The predicted molar refractivity (Wildman–Crippen MR) is 74.8 cm³/mol. The fourth-order valence-electron chi connectivity index (χ4n) is 2.39. The van der Waals surface area contributed by atoms with Crippen molar-refractivity contribution in [2.45, 2.75) is 51.7 Å². The summed E-state index contributed by atoms with van der Waals surface area (Å²) in [6.45, 7) is 1.91. The van der Waals surface area contributed by atoms with Crippen LogP contribution >= 0.6 is 0 Å². The van der Waals surface area contributed by atoms with E-state index in [4.69, 9.17) is 9.15 Å². The number of nitrogens with one attached hydrogen (secondary N) is 1. The van der Waals surface area contributed by atoms with Crippen molar-refractivity contribution in [2.24, 2.45) is 0 Å². The molecule has 1 aromatic heterocycles. The monoisotopic (exact) mass is 315 g/mol. The van der Waals surface area contributed by atoms with E-state index < -0.39 is 30.3 Å². The summed E-state index contributed by atoms with van der Waals surface area (Å²) in [7, 11) is 0. The lowest BCUT2D eigenvalue weighted by Gasteiger charge is -2.28. The van der Waals surface area contributed by atoms with Crippen molar-refractivity contribution in [1.82, 2.24) is 5.32 Å². The second-order valence-corrected chi connectivity index (χ2v) is 5.54. The van der Waals surface area contributed by atoms with Crippen molar-refractivity contribution in [3.8, 4) is 0 Å². The molecule has 2 rings (SSSR count). The third-order valence-electron chi connectivity index (χ3n) is 3.34. The number of fused-ring (bicyclic) bond motifs is 1. The molecule has 2 heterocycles.